The van der Waals surface area contributed by atoms with Crippen molar-refractivity contribution in [3.63, 3.8) is 0 Å². The van der Waals surface area contributed by atoms with Gasteiger partial charge in [-0.25, -0.2) is 4.98 Å². The number of nitrogens with zero attached hydrogens (tertiary/aromatic N) is 2. The Balaban J connectivity index is 2.17. The molecule has 94 valence electrons. The molecule has 0 aliphatic rings. The van der Waals surface area contributed by atoms with Gasteiger partial charge in [0.05, 0.1) is 12.1 Å². The van der Waals surface area contributed by atoms with Gasteiger partial charge in [0.25, 0.3) is 5.91 Å². The van der Waals surface area contributed by atoms with Crippen molar-refractivity contribution in [1.29, 1.82) is 0 Å². The first kappa shape index (κ1) is 13.0. The van der Waals surface area contributed by atoms with Crippen molar-refractivity contribution in [2.45, 2.75) is 6.54 Å². The Bertz CT molecular complexity index is 556. The summed E-state index contributed by atoms with van der Waals surface area (Å²) in [5.41, 5.74) is 6.13. The molecule has 0 saturated carbocycles. The lowest BCUT2D eigenvalue weighted by Gasteiger charge is -2.17. The van der Waals surface area contributed by atoms with Crippen LogP contribution < -0.4 is 5.73 Å². The molecule has 0 bridgehead atoms. The van der Waals surface area contributed by atoms with Gasteiger partial charge >= 0.3 is 0 Å². The largest absolute Gasteiger partial charge is 0.384 e. The van der Waals surface area contributed by atoms with Gasteiger partial charge < -0.3 is 10.6 Å². The Morgan fingerprint density at radius 1 is 1.61 bits per heavy atom. The average Bonchev–Trinajstić information content (AvgIpc) is 2.84. The molecule has 2 rings (SSSR count). The van der Waals surface area contributed by atoms with Gasteiger partial charge in [-0.15, -0.1) is 11.3 Å². The number of nitrogens with two attached hydrogens (primary N) is 1. The first-order valence-corrected chi connectivity index (χ1v) is 6.94. The standard InChI is InChI=1S/C12H12BrN3OS/c1-16(7-8-3-2-4-18-8)12(17)9-5-11(14)15-6-10(9)13/h2-6H,7H2,1H3,(H2,14,15). The van der Waals surface area contributed by atoms with Gasteiger partial charge in [-0.05, 0) is 33.4 Å². The molecule has 0 spiro atoms. The van der Waals surface area contributed by atoms with E-state index in [-0.39, 0.29) is 5.91 Å². The van der Waals surface area contributed by atoms with E-state index >= 15 is 0 Å². The zero-order valence-corrected chi connectivity index (χ0v) is 12.2. The Morgan fingerprint density at radius 2 is 2.39 bits per heavy atom. The predicted octanol–water partition coefficient (Wildman–Crippen LogP) is 2.76. The highest BCUT2D eigenvalue weighted by atomic mass is 79.9. The highest BCUT2D eigenvalue weighted by molar-refractivity contribution is 9.10. The summed E-state index contributed by atoms with van der Waals surface area (Å²) in [7, 11) is 1.77. The fourth-order valence-corrected chi connectivity index (χ4v) is 2.68. The zero-order valence-electron chi connectivity index (χ0n) is 9.76. The minimum absolute atomic E-state index is 0.0793. The number of nitrogen functional groups attached to an aromatic ring is 1. The molecule has 2 aromatic rings. The molecule has 0 saturated heterocycles. The molecule has 0 radical (unpaired) electrons. The molecule has 4 nitrogen and oxygen atoms in total. The van der Waals surface area contributed by atoms with E-state index in [2.05, 4.69) is 20.9 Å². The monoisotopic (exact) mass is 325 g/mol. The number of carbonyl (C=O) groups excluding carboxylic acids is 1. The second-order valence-corrected chi connectivity index (χ2v) is 5.72. The molecule has 2 aromatic heterocycles. The van der Waals surface area contributed by atoms with Crippen molar-refractivity contribution in [3.8, 4) is 0 Å². The van der Waals surface area contributed by atoms with E-state index in [1.54, 1.807) is 35.5 Å². The summed E-state index contributed by atoms with van der Waals surface area (Å²) in [5, 5.41) is 1.99. The van der Waals surface area contributed by atoms with E-state index in [0.29, 0.717) is 22.4 Å². The van der Waals surface area contributed by atoms with Crippen LogP contribution in [0.25, 0.3) is 0 Å². The molecule has 0 aliphatic carbocycles. The van der Waals surface area contributed by atoms with E-state index < -0.39 is 0 Å². The van der Waals surface area contributed by atoms with Crippen molar-refractivity contribution in [2.24, 2.45) is 0 Å². The van der Waals surface area contributed by atoms with Crippen LogP contribution in [0, 0.1) is 0 Å². The van der Waals surface area contributed by atoms with Crippen LogP contribution in [0.2, 0.25) is 0 Å². The molecular formula is C12H12BrN3OS. The Labute approximate surface area is 118 Å². The SMILES string of the molecule is CN(Cc1cccs1)C(=O)c1cc(N)ncc1Br. The summed E-state index contributed by atoms with van der Waals surface area (Å²) in [5.74, 6) is 0.260. The highest BCUT2D eigenvalue weighted by Crippen LogP contribution is 2.20. The number of thiophene rings is 1. The third-order valence-corrected chi connectivity index (χ3v) is 3.92. The van der Waals surface area contributed by atoms with Crippen LogP contribution in [0.4, 0.5) is 5.82 Å². The van der Waals surface area contributed by atoms with Crippen LogP contribution >= 0.6 is 27.3 Å². The van der Waals surface area contributed by atoms with Crippen LogP contribution in [0.15, 0.2) is 34.2 Å². The van der Waals surface area contributed by atoms with E-state index in [1.807, 2.05) is 17.5 Å². The maximum absolute atomic E-state index is 12.3. The molecule has 18 heavy (non-hydrogen) atoms. The molecule has 0 fully saturated rings. The summed E-state index contributed by atoms with van der Waals surface area (Å²) in [6, 6.07) is 5.56. The van der Waals surface area contributed by atoms with Gasteiger partial charge in [-0.2, -0.15) is 0 Å². The van der Waals surface area contributed by atoms with Crippen molar-refractivity contribution in [1.82, 2.24) is 9.88 Å². The molecule has 0 unspecified atom stereocenters. The van der Waals surface area contributed by atoms with Crippen molar-refractivity contribution in [2.75, 3.05) is 12.8 Å². The van der Waals surface area contributed by atoms with Crippen LogP contribution in [-0.2, 0) is 6.54 Å². The van der Waals surface area contributed by atoms with Crippen LogP contribution in [0.1, 0.15) is 15.2 Å². The average molecular weight is 326 g/mol. The first-order chi connectivity index (χ1) is 8.58. The fourth-order valence-electron chi connectivity index (χ4n) is 1.53. The van der Waals surface area contributed by atoms with E-state index in [0.717, 1.165) is 4.88 Å². The summed E-state index contributed by atoms with van der Waals surface area (Å²) in [6.45, 7) is 0.588. The number of carbonyl (C=O) groups is 1. The number of hydrogen-bond donors (Lipinski definition) is 1. The third kappa shape index (κ3) is 2.88. The quantitative estimate of drug-likeness (QED) is 0.943. The van der Waals surface area contributed by atoms with Gasteiger partial charge in [0.1, 0.15) is 5.82 Å². The maximum Gasteiger partial charge on any atom is 0.255 e. The lowest BCUT2D eigenvalue weighted by atomic mass is 10.2. The van der Waals surface area contributed by atoms with Gasteiger partial charge in [0.2, 0.25) is 0 Å². The van der Waals surface area contributed by atoms with Gasteiger partial charge in [-0.3, -0.25) is 4.79 Å². The summed E-state index contributed by atoms with van der Waals surface area (Å²) >= 11 is 4.94. The molecule has 6 heteroatoms. The molecule has 0 aromatic carbocycles. The van der Waals surface area contributed by atoms with Crippen LogP contribution in [-0.4, -0.2) is 22.8 Å². The molecule has 0 atom stereocenters. The van der Waals surface area contributed by atoms with Gasteiger partial charge in [0.15, 0.2) is 0 Å². The molecule has 0 aliphatic heterocycles. The van der Waals surface area contributed by atoms with Crippen molar-refractivity contribution >= 4 is 39.0 Å². The number of rotatable bonds is 3. The smallest absolute Gasteiger partial charge is 0.255 e. The maximum atomic E-state index is 12.3. The summed E-state index contributed by atoms with van der Waals surface area (Å²) < 4.78 is 0.653. The second kappa shape index (κ2) is 5.49. The lowest BCUT2D eigenvalue weighted by molar-refractivity contribution is 0.0785. The lowest BCUT2D eigenvalue weighted by Crippen LogP contribution is -2.26. The van der Waals surface area contributed by atoms with Crippen LogP contribution in [0.5, 0.6) is 0 Å². The minimum atomic E-state index is -0.0793. The number of aromatic nitrogens is 1. The second-order valence-electron chi connectivity index (χ2n) is 3.83. The highest BCUT2D eigenvalue weighted by Gasteiger charge is 2.16. The fraction of sp³-hybridized carbons (Fsp3) is 0.167. The summed E-state index contributed by atoms with van der Waals surface area (Å²) in [6.07, 6.45) is 1.54. The van der Waals surface area contributed by atoms with E-state index in [9.17, 15) is 4.79 Å². The predicted molar refractivity (Wildman–Crippen MR) is 76.5 cm³/mol. The van der Waals surface area contributed by atoms with E-state index in [4.69, 9.17) is 5.73 Å². The number of hydrogen-bond acceptors (Lipinski definition) is 4. The number of pyridine rings is 1. The summed E-state index contributed by atoms with van der Waals surface area (Å²) in [4.78, 5) is 19.0. The molecule has 2 N–H and O–H groups in total. The third-order valence-electron chi connectivity index (χ3n) is 2.43. The Hall–Kier alpha value is -1.40. The number of anilines is 1. The molecule has 1 amide bonds. The van der Waals surface area contributed by atoms with E-state index in [1.165, 1.54) is 0 Å². The number of halogens is 1. The molecular weight excluding hydrogens is 314 g/mol. The van der Waals surface area contributed by atoms with Gasteiger partial charge in [-0.1, -0.05) is 6.07 Å². The topological polar surface area (TPSA) is 59.2 Å². The minimum Gasteiger partial charge on any atom is -0.384 e. The Kier molecular flexibility index (Phi) is 3.98. The Morgan fingerprint density at radius 3 is 3.06 bits per heavy atom. The molecule has 2 heterocycles. The normalized spacial score (nSPS) is 10.3. The number of amides is 1. The zero-order chi connectivity index (χ0) is 13.1. The van der Waals surface area contributed by atoms with Crippen molar-refractivity contribution < 1.29 is 4.79 Å². The van der Waals surface area contributed by atoms with Crippen molar-refractivity contribution in [3.05, 3.63) is 44.7 Å². The van der Waals surface area contributed by atoms with Crippen LogP contribution in [0.3, 0.4) is 0 Å². The van der Waals surface area contributed by atoms with Gasteiger partial charge in [0, 0.05) is 22.6 Å². The first-order valence-electron chi connectivity index (χ1n) is 5.27.